The van der Waals surface area contributed by atoms with Gasteiger partial charge in [-0.3, -0.25) is 0 Å². The van der Waals surface area contributed by atoms with Crippen LogP contribution in [0.5, 0.6) is 0 Å². The van der Waals surface area contributed by atoms with Crippen molar-refractivity contribution >= 4 is 11.8 Å². The van der Waals surface area contributed by atoms with Gasteiger partial charge in [0.05, 0.1) is 6.10 Å². The number of fused-ring (bicyclic) bond motifs is 1. The Labute approximate surface area is 116 Å². The average molecular weight is 274 g/mol. The molecule has 0 saturated heterocycles. The first kappa shape index (κ1) is 12.7. The molecule has 0 aliphatic carbocycles. The summed E-state index contributed by atoms with van der Waals surface area (Å²) in [7, 11) is 0. The van der Waals surface area contributed by atoms with E-state index in [0.717, 1.165) is 12.0 Å². The van der Waals surface area contributed by atoms with Gasteiger partial charge in [0.25, 0.3) is 0 Å². The van der Waals surface area contributed by atoms with Crippen molar-refractivity contribution in [2.75, 3.05) is 0 Å². The molecule has 0 radical (unpaired) electrons. The second-order valence-electron chi connectivity index (χ2n) is 4.94. The van der Waals surface area contributed by atoms with E-state index in [9.17, 15) is 9.50 Å². The number of aliphatic hydroxyl groups is 1. The summed E-state index contributed by atoms with van der Waals surface area (Å²) in [6.45, 7) is 1.91. The topological polar surface area (TPSA) is 20.2 Å². The molecule has 1 nitrogen and oxygen atoms in total. The van der Waals surface area contributed by atoms with Gasteiger partial charge in [-0.2, -0.15) is 0 Å². The third-order valence-electron chi connectivity index (χ3n) is 3.49. The minimum atomic E-state index is -0.766. The van der Waals surface area contributed by atoms with Gasteiger partial charge in [-0.05, 0) is 31.0 Å². The molecule has 0 spiro atoms. The number of benzene rings is 2. The van der Waals surface area contributed by atoms with Gasteiger partial charge >= 0.3 is 0 Å². The molecule has 2 aromatic carbocycles. The van der Waals surface area contributed by atoms with E-state index < -0.39 is 6.10 Å². The third kappa shape index (κ3) is 2.40. The van der Waals surface area contributed by atoms with Gasteiger partial charge in [-0.15, -0.1) is 11.8 Å². The van der Waals surface area contributed by atoms with E-state index in [1.807, 2.05) is 19.1 Å². The largest absolute Gasteiger partial charge is 0.387 e. The van der Waals surface area contributed by atoms with Crippen molar-refractivity contribution in [1.82, 2.24) is 0 Å². The van der Waals surface area contributed by atoms with Gasteiger partial charge in [0.1, 0.15) is 5.82 Å². The van der Waals surface area contributed by atoms with Crippen molar-refractivity contribution in [3.05, 3.63) is 65.0 Å². The second kappa shape index (κ2) is 4.99. The average Bonchev–Trinajstić information content (AvgIpc) is 2.84. The van der Waals surface area contributed by atoms with Gasteiger partial charge in [0.2, 0.25) is 0 Å². The van der Waals surface area contributed by atoms with E-state index in [1.54, 1.807) is 23.9 Å². The standard InChI is InChI=1S/C16H15FOS/c1-10-6-7-13(17)12(8-10)16(18)15-9-11-4-2-3-5-14(11)19-15/h2-8,15-16,18H,9H2,1H3. The molecule has 2 aromatic rings. The summed E-state index contributed by atoms with van der Waals surface area (Å²) >= 11 is 1.64. The van der Waals surface area contributed by atoms with Gasteiger partial charge in [-0.25, -0.2) is 4.39 Å². The van der Waals surface area contributed by atoms with E-state index in [4.69, 9.17) is 0 Å². The van der Waals surface area contributed by atoms with Crippen LogP contribution >= 0.6 is 11.8 Å². The lowest BCUT2D eigenvalue weighted by Gasteiger charge is -2.18. The quantitative estimate of drug-likeness (QED) is 0.896. The van der Waals surface area contributed by atoms with E-state index >= 15 is 0 Å². The Balaban J connectivity index is 1.87. The molecular weight excluding hydrogens is 259 g/mol. The van der Waals surface area contributed by atoms with E-state index in [2.05, 4.69) is 12.1 Å². The zero-order chi connectivity index (χ0) is 13.4. The third-order valence-corrected chi connectivity index (χ3v) is 4.87. The first-order valence-electron chi connectivity index (χ1n) is 6.34. The monoisotopic (exact) mass is 274 g/mol. The molecule has 1 aliphatic heterocycles. The van der Waals surface area contributed by atoms with Crippen LogP contribution in [0.3, 0.4) is 0 Å². The van der Waals surface area contributed by atoms with Gasteiger partial charge in [-0.1, -0.05) is 35.9 Å². The molecule has 0 amide bonds. The molecule has 2 atom stereocenters. The summed E-state index contributed by atoms with van der Waals surface area (Å²) in [6, 6.07) is 13.0. The fourth-order valence-corrected chi connectivity index (χ4v) is 3.80. The van der Waals surface area contributed by atoms with Crippen LogP contribution in [-0.2, 0) is 6.42 Å². The summed E-state index contributed by atoms with van der Waals surface area (Å²) in [5, 5.41) is 10.4. The second-order valence-corrected chi connectivity index (χ2v) is 6.22. The van der Waals surface area contributed by atoms with Crippen molar-refractivity contribution in [2.45, 2.75) is 29.6 Å². The summed E-state index contributed by atoms with van der Waals surface area (Å²) < 4.78 is 13.8. The zero-order valence-corrected chi connectivity index (χ0v) is 11.5. The first-order chi connectivity index (χ1) is 9.15. The minimum absolute atomic E-state index is 0.00583. The molecule has 98 valence electrons. The molecule has 0 aromatic heterocycles. The summed E-state index contributed by atoms with van der Waals surface area (Å²) in [4.78, 5) is 1.19. The normalized spacial score (nSPS) is 19.2. The molecule has 0 saturated carbocycles. The number of rotatable bonds is 2. The highest BCUT2D eigenvalue weighted by Crippen LogP contribution is 2.42. The van der Waals surface area contributed by atoms with Crippen LogP contribution in [0.25, 0.3) is 0 Å². The Morgan fingerprint density at radius 1 is 1.26 bits per heavy atom. The molecule has 1 aliphatic rings. The van der Waals surface area contributed by atoms with E-state index in [0.29, 0.717) is 5.56 Å². The number of hydrogen-bond acceptors (Lipinski definition) is 2. The lowest BCUT2D eigenvalue weighted by molar-refractivity contribution is 0.170. The number of thioether (sulfide) groups is 1. The first-order valence-corrected chi connectivity index (χ1v) is 7.22. The van der Waals surface area contributed by atoms with Crippen LogP contribution < -0.4 is 0 Å². The Kier molecular flexibility index (Phi) is 3.33. The predicted octanol–water partition coefficient (Wildman–Crippen LogP) is 3.88. The van der Waals surface area contributed by atoms with Gasteiger partial charge < -0.3 is 5.11 Å². The molecule has 19 heavy (non-hydrogen) atoms. The Hall–Kier alpha value is -1.32. The van der Waals surface area contributed by atoms with Crippen molar-refractivity contribution in [1.29, 1.82) is 0 Å². The Bertz CT molecular complexity index is 586. The molecule has 0 fully saturated rings. The molecule has 3 heteroatoms. The maximum absolute atomic E-state index is 13.8. The highest BCUT2D eigenvalue weighted by atomic mass is 32.2. The SMILES string of the molecule is Cc1ccc(F)c(C(O)C2Cc3ccccc3S2)c1. The summed E-state index contributed by atoms with van der Waals surface area (Å²) in [6.07, 6.45) is 0.0207. The highest BCUT2D eigenvalue weighted by Gasteiger charge is 2.30. The van der Waals surface area contributed by atoms with E-state index in [1.165, 1.54) is 16.5 Å². The molecule has 1 N–H and O–H groups in total. The summed E-state index contributed by atoms with van der Waals surface area (Å²) in [5.41, 5.74) is 2.62. The Morgan fingerprint density at radius 2 is 2.05 bits per heavy atom. The molecule has 0 bridgehead atoms. The van der Waals surface area contributed by atoms with Crippen LogP contribution in [0.4, 0.5) is 4.39 Å². The fourth-order valence-electron chi connectivity index (χ4n) is 2.48. The Morgan fingerprint density at radius 3 is 2.84 bits per heavy atom. The molecule has 1 heterocycles. The maximum Gasteiger partial charge on any atom is 0.129 e. The lowest BCUT2D eigenvalue weighted by Crippen LogP contribution is -2.15. The predicted molar refractivity (Wildman–Crippen MR) is 75.9 cm³/mol. The van der Waals surface area contributed by atoms with Gasteiger partial charge in [0, 0.05) is 15.7 Å². The van der Waals surface area contributed by atoms with Crippen LogP contribution in [-0.4, -0.2) is 10.4 Å². The minimum Gasteiger partial charge on any atom is -0.387 e. The number of aliphatic hydroxyl groups excluding tert-OH is 1. The molecular formula is C16H15FOS. The van der Waals surface area contributed by atoms with Crippen LogP contribution in [0.2, 0.25) is 0 Å². The van der Waals surface area contributed by atoms with Crippen molar-refractivity contribution < 1.29 is 9.50 Å². The van der Waals surface area contributed by atoms with Crippen molar-refractivity contribution in [3.8, 4) is 0 Å². The molecule has 2 unspecified atom stereocenters. The maximum atomic E-state index is 13.8. The van der Waals surface area contributed by atoms with Crippen LogP contribution in [0.1, 0.15) is 22.8 Å². The van der Waals surface area contributed by atoms with Crippen molar-refractivity contribution in [3.63, 3.8) is 0 Å². The van der Waals surface area contributed by atoms with E-state index in [-0.39, 0.29) is 11.1 Å². The van der Waals surface area contributed by atoms with Crippen LogP contribution in [0, 0.1) is 12.7 Å². The lowest BCUT2D eigenvalue weighted by atomic mass is 9.99. The number of halogens is 1. The number of aryl methyl sites for hydroxylation is 1. The van der Waals surface area contributed by atoms with Gasteiger partial charge in [0.15, 0.2) is 0 Å². The smallest absolute Gasteiger partial charge is 0.129 e. The zero-order valence-electron chi connectivity index (χ0n) is 10.6. The highest BCUT2D eigenvalue weighted by molar-refractivity contribution is 8.00. The summed E-state index contributed by atoms with van der Waals surface area (Å²) in [5.74, 6) is -0.324. The van der Waals surface area contributed by atoms with Crippen molar-refractivity contribution in [2.24, 2.45) is 0 Å². The number of hydrogen-bond donors (Lipinski definition) is 1. The van der Waals surface area contributed by atoms with Crippen LogP contribution in [0.15, 0.2) is 47.4 Å². The molecule has 3 rings (SSSR count). The fraction of sp³-hybridized carbons (Fsp3) is 0.250.